The normalized spacial score (nSPS) is 25.6. The number of benzene rings is 1. The van der Waals surface area contributed by atoms with Gasteiger partial charge in [-0.3, -0.25) is 4.79 Å². The minimum atomic E-state index is -0.0636. The first-order valence-corrected chi connectivity index (χ1v) is 9.34. The number of hydrogen-bond acceptors (Lipinski definition) is 4. The molecule has 6 nitrogen and oxygen atoms in total. The number of aromatic nitrogens is 1. The Kier molecular flexibility index (Phi) is 4.33. The zero-order valence-electron chi connectivity index (χ0n) is 15.3. The molecule has 3 heterocycles. The van der Waals surface area contributed by atoms with Gasteiger partial charge in [0.05, 0.1) is 11.6 Å². The highest BCUT2D eigenvalue weighted by Gasteiger charge is 2.32. The van der Waals surface area contributed by atoms with Crippen LogP contribution in [0.4, 0.5) is 5.82 Å². The standard InChI is InChI=1S/C20H25N5O/c1-13-9-17(22-11-13)19(26)23-14-7-8-25(12-14)20-16(10-21)15-5-3-4-6-18(15)24(20)2/h3-6,13-14,17,22H,7-9,11-12H2,1-2H3,(H,23,26)/t13-,14-,17-/m0/s1. The molecule has 4 rings (SSSR count). The first-order valence-electron chi connectivity index (χ1n) is 9.34. The molecule has 0 radical (unpaired) electrons. The predicted octanol–water partition coefficient (Wildman–Crippen LogP) is 1.74. The summed E-state index contributed by atoms with van der Waals surface area (Å²) >= 11 is 0. The van der Waals surface area contributed by atoms with Gasteiger partial charge in [-0.05, 0) is 31.4 Å². The fourth-order valence-electron chi connectivity index (χ4n) is 4.34. The summed E-state index contributed by atoms with van der Waals surface area (Å²) in [5.74, 6) is 1.62. The molecule has 0 aliphatic carbocycles. The number of fused-ring (bicyclic) bond motifs is 1. The summed E-state index contributed by atoms with van der Waals surface area (Å²) in [6, 6.07) is 10.5. The van der Waals surface area contributed by atoms with Gasteiger partial charge in [-0.2, -0.15) is 5.26 Å². The molecule has 0 bridgehead atoms. The zero-order chi connectivity index (χ0) is 18.3. The molecule has 1 amide bonds. The van der Waals surface area contributed by atoms with Gasteiger partial charge in [-0.25, -0.2) is 0 Å². The van der Waals surface area contributed by atoms with Crippen LogP contribution in [0.15, 0.2) is 24.3 Å². The summed E-state index contributed by atoms with van der Waals surface area (Å²) < 4.78 is 2.10. The summed E-state index contributed by atoms with van der Waals surface area (Å²) in [4.78, 5) is 14.7. The van der Waals surface area contributed by atoms with E-state index in [9.17, 15) is 10.1 Å². The molecule has 136 valence electrons. The topological polar surface area (TPSA) is 73.1 Å². The number of nitrogens with zero attached hydrogens (tertiary/aromatic N) is 3. The highest BCUT2D eigenvalue weighted by atomic mass is 16.2. The Morgan fingerprint density at radius 3 is 2.92 bits per heavy atom. The van der Waals surface area contributed by atoms with Gasteiger partial charge >= 0.3 is 0 Å². The number of amides is 1. The lowest BCUT2D eigenvalue weighted by atomic mass is 10.1. The molecule has 0 unspecified atom stereocenters. The van der Waals surface area contributed by atoms with Gasteiger partial charge in [0.1, 0.15) is 17.5 Å². The smallest absolute Gasteiger partial charge is 0.237 e. The Balaban J connectivity index is 1.51. The van der Waals surface area contributed by atoms with Crippen molar-refractivity contribution >= 4 is 22.6 Å². The molecule has 2 N–H and O–H groups in total. The van der Waals surface area contributed by atoms with Gasteiger partial charge in [-0.15, -0.1) is 0 Å². The molecule has 2 aliphatic heterocycles. The molecule has 2 aliphatic rings. The van der Waals surface area contributed by atoms with Crippen molar-refractivity contribution in [2.24, 2.45) is 13.0 Å². The molecule has 6 heteroatoms. The third-order valence-corrected chi connectivity index (χ3v) is 5.69. The molecule has 26 heavy (non-hydrogen) atoms. The quantitative estimate of drug-likeness (QED) is 0.884. The van der Waals surface area contributed by atoms with Crippen molar-refractivity contribution in [3.05, 3.63) is 29.8 Å². The maximum absolute atomic E-state index is 12.5. The van der Waals surface area contributed by atoms with Crippen LogP contribution in [0.3, 0.4) is 0 Å². The Hall–Kier alpha value is -2.52. The molecule has 2 saturated heterocycles. The van der Waals surface area contributed by atoms with Gasteiger partial charge in [0.2, 0.25) is 5.91 Å². The second-order valence-electron chi connectivity index (χ2n) is 7.63. The summed E-state index contributed by atoms with van der Waals surface area (Å²) in [5, 5.41) is 17.2. The molecular formula is C20H25N5O. The molecular weight excluding hydrogens is 326 g/mol. The zero-order valence-corrected chi connectivity index (χ0v) is 15.3. The number of aryl methyl sites for hydroxylation is 1. The predicted molar refractivity (Wildman–Crippen MR) is 102 cm³/mol. The van der Waals surface area contributed by atoms with E-state index in [-0.39, 0.29) is 18.0 Å². The molecule has 3 atom stereocenters. The molecule has 1 aromatic carbocycles. The number of para-hydroxylation sites is 1. The van der Waals surface area contributed by atoms with Crippen LogP contribution in [0.5, 0.6) is 0 Å². The summed E-state index contributed by atoms with van der Waals surface area (Å²) in [6.45, 7) is 4.67. The largest absolute Gasteiger partial charge is 0.355 e. The van der Waals surface area contributed by atoms with E-state index in [4.69, 9.17) is 0 Å². The fraction of sp³-hybridized carbons (Fsp3) is 0.500. The van der Waals surface area contributed by atoms with E-state index in [0.29, 0.717) is 5.92 Å². The number of anilines is 1. The lowest BCUT2D eigenvalue weighted by Gasteiger charge is -2.21. The van der Waals surface area contributed by atoms with Crippen molar-refractivity contribution in [3.63, 3.8) is 0 Å². The van der Waals surface area contributed by atoms with Crippen molar-refractivity contribution in [2.45, 2.75) is 31.8 Å². The number of hydrogen-bond donors (Lipinski definition) is 2. The van der Waals surface area contributed by atoms with Crippen LogP contribution >= 0.6 is 0 Å². The summed E-state index contributed by atoms with van der Waals surface area (Å²) in [7, 11) is 2.01. The van der Waals surface area contributed by atoms with Crippen LogP contribution in [0.2, 0.25) is 0 Å². The molecule has 2 aromatic rings. The fourth-order valence-corrected chi connectivity index (χ4v) is 4.34. The van der Waals surface area contributed by atoms with Crippen molar-refractivity contribution in [2.75, 3.05) is 24.5 Å². The second kappa shape index (κ2) is 6.65. The van der Waals surface area contributed by atoms with Gasteiger partial charge in [0.25, 0.3) is 0 Å². The number of rotatable bonds is 3. The van der Waals surface area contributed by atoms with Crippen LogP contribution in [-0.2, 0) is 11.8 Å². The van der Waals surface area contributed by atoms with E-state index in [1.807, 2.05) is 31.3 Å². The molecule has 1 aromatic heterocycles. The van der Waals surface area contributed by atoms with Crippen LogP contribution in [0, 0.1) is 17.2 Å². The van der Waals surface area contributed by atoms with Crippen molar-refractivity contribution in [3.8, 4) is 6.07 Å². The van der Waals surface area contributed by atoms with Crippen LogP contribution in [0.25, 0.3) is 10.9 Å². The van der Waals surface area contributed by atoms with Crippen LogP contribution in [-0.4, -0.2) is 42.2 Å². The Labute approximate surface area is 153 Å². The summed E-state index contributed by atoms with van der Waals surface area (Å²) in [6.07, 6.45) is 1.81. The minimum Gasteiger partial charge on any atom is -0.355 e. The molecule has 0 saturated carbocycles. The van der Waals surface area contributed by atoms with E-state index in [1.54, 1.807) is 0 Å². The van der Waals surface area contributed by atoms with Crippen molar-refractivity contribution in [1.29, 1.82) is 5.26 Å². The number of carbonyl (C=O) groups excluding carboxylic acids is 1. The highest BCUT2D eigenvalue weighted by Crippen LogP contribution is 2.33. The second-order valence-corrected chi connectivity index (χ2v) is 7.63. The average molecular weight is 351 g/mol. The average Bonchev–Trinajstić information content (AvgIpc) is 3.33. The Morgan fingerprint density at radius 2 is 2.19 bits per heavy atom. The molecule has 0 spiro atoms. The van der Waals surface area contributed by atoms with Gasteiger partial charge < -0.3 is 20.1 Å². The lowest BCUT2D eigenvalue weighted by molar-refractivity contribution is -0.123. The monoisotopic (exact) mass is 351 g/mol. The SMILES string of the molecule is C[C@@H]1CN[C@H](C(=O)N[C@H]2CCN(c3c(C#N)c4ccccc4n3C)C2)C1. The van der Waals surface area contributed by atoms with Gasteiger partial charge in [-0.1, -0.05) is 25.1 Å². The van der Waals surface area contributed by atoms with Crippen LogP contribution < -0.4 is 15.5 Å². The number of carbonyl (C=O) groups is 1. The Morgan fingerprint density at radius 1 is 1.38 bits per heavy atom. The van der Waals surface area contributed by atoms with E-state index in [2.05, 4.69) is 33.1 Å². The third kappa shape index (κ3) is 2.82. The maximum atomic E-state index is 12.5. The van der Waals surface area contributed by atoms with E-state index in [0.717, 1.165) is 54.8 Å². The summed E-state index contributed by atoms with van der Waals surface area (Å²) in [5.41, 5.74) is 1.79. The van der Waals surface area contributed by atoms with Crippen LogP contribution in [0.1, 0.15) is 25.3 Å². The minimum absolute atomic E-state index is 0.0636. The maximum Gasteiger partial charge on any atom is 0.237 e. The molecule has 2 fully saturated rings. The Bertz CT molecular complexity index is 880. The number of nitrogens with one attached hydrogen (secondary N) is 2. The van der Waals surface area contributed by atoms with E-state index in [1.165, 1.54) is 0 Å². The van der Waals surface area contributed by atoms with Gasteiger partial charge in [0.15, 0.2) is 0 Å². The van der Waals surface area contributed by atoms with Gasteiger partial charge in [0, 0.05) is 31.6 Å². The van der Waals surface area contributed by atoms with E-state index >= 15 is 0 Å². The first-order chi connectivity index (χ1) is 12.6. The van der Waals surface area contributed by atoms with Crippen molar-refractivity contribution < 1.29 is 4.79 Å². The first kappa shape index (κ1) is 16.9. The van der Waals surface area contributed by atoms with Crippen molar-refractivity contribution in [1.82, 2.24) is 15.2 Å². The highest BCUT2D eigenvalue weighted by molar-refractivity contribution is 5.93. The van der Waals surface area contributed by atoms with E-state index < -0.39 is 0 Å². The third-order valence-electron chi connectivity index (χ3n) is 5.69. The number of nitriles is 1. The lowest BCUT2D eigenvalue weighted by Crippen LogP contribution is -2.46.